The van der Waals surface area contributed by atoms with E-state index >= 15 is 0 Å². The summed E-state index contributed by atoms with van der Waals surface area (Å²) in [4.78, 5) is 28.0. The highest BCUT2D eigenvalue weighted by Gasteiger charge is 2.43. The Morgan fingerprint density at radius 3 is 2.79 bits per heavy atom. The lowest BCUT2D eigenvalue weighted by Crippen LogP contribution is -2.47. The summed E-state index contributed by atoms with van der Waals surface area (Å²) in [5.41, 5.74) is -0.523. The minimum Gasteiger partial charge on any atom is -0.350 e. The molecule has 0 aliphatic heterocycles. The molecule has 0 spiro atoms. The van der Waals surface area contributed by atoms with Gasteiger partial charge in [0, 0.05) is 34.8 Å². The number of nitrogens with one attached hydrogen (secondary N) is 2. The number of anilines is 1. The monoisotopic (exact) mass is 456 g/mol. The number of aromatic amines is 1. The van der Waals surface area contributed by atoms with E-state index < -0.39 is 17.2 Å². The maximum Gasteiger partial charge on any atom is 0.417 e. The Morgan fingerprint density at radius 1 is 1.33 bits per heavy atom. The minimum atomic E-state index is -4.55. The maximum absolute atomic E-state index is 13.2. The van der Waals surface area contributed by atoms with E-state index in [-0.39, 0.29) is 40.1 Å². The van der Waals surface area contributed by atoms with E-state index in [1.165, 1.54) is 12.4 Å². The van der Waals surface area contributed by atoms with Crippen LogP contribution in [0.5, 0.6) is 0 Å². The van der Waals surface area contributed by atoms with Gasteiger partial charge in [0.05, 0.1) is 23.0 Å². The Bertz CT molecular complexity index is 1250. The van der Waals surface area contributed by atoms with Crippen molar-refractivity contribution in [2.75, 3.05) is 5.32 Å². The fourth-order valence-electron chi connectivity index (χ4n) is 4.79. The predicted octanol–water partition coefficient (Wildman–Crippen LogP) is 5.25. The minimum absolute atomic E-state index is 0.110. The normalized spacial score (nSPS) is 21.0. The highest BCUT2D eigenvalue weighted by molar-refractivity contribution is 5.94. The van der Waals surface area contributed by atoms with E-state index in [9.17, 15) is 23.2 Å². The van der Waals surface area contributed by atoms with Crippen molar-refractivity contribution in [1.82, 2.24) is 19.9 Å². The molecule has 0 radical (unpaired) electrons. The maximum atomic E-state index is 13.2. The van der Waals surface area contributed by atoms with Gasteiger partial charge in [-0.2, -0.15) is 18.4 Å². The molecule has 0 saturated heterocycles. The van der Waals surface area contributed by atoms with Gasteiger partial charge in [0.2, 0.25) is 5.95 Å². The van der Waals surface area contributed by atoms with E-state index in [1.807, 2.05) is 13.0 Å². The van der Waals surface area contributed by atoms with Crippen LogP contribution in [0, 0.1) is 16.7 Å². The number of nitrogens with zero attached hydrogens (tertiary/aromatic N) is 4. The molecule has 33 heavy (non-hydrogen) atoms. The lowest BCUT2D eigenvalue weighted by atomic mass is 9.66. The van der Waals surface area contributed by atoms with Crippen molar-refractivity contribution >= 4 is 22.8 Å². The molecule has 172 valence electrons. The summed E-state index contributed by atoms with van der Waals surface area (Å²) in [5, 5.41) is 13.1. The Balaban J connectivity index is 1.77. The summed E-state index contributed by atoms with van der Waals surface area (Å²) in [6, 6.07) is 2.83. The fraction of sp³-hybridized carbons (Fsp3) is 0.435. The van der Waals surface area contributed by atoms with Crippen LogP contribution in [0.1, 0.15) is 57.1 Å². The van der Waals surface area contributed by atoms with Crippen molar-refractivity contribution in [2.24, 2.45) is 5.41 Å². The summed E-state index contributed by atoms with van der Waals surface area (Å²) < 4.78 is 39.7. The first-order chi connectivity index (χ1) is 15.7. The second-order valence-electron chi connectivity index (χ2n) is 8.40. The summed E-state index contributed by atoms with van der Waals surface area (Å²) in [6.07, 6.45) is 3.19. The smallest absolute Gasteiger partial charge is 0.350 e. The summed E-state index contributed by atoms with van der Waals surface area (Å²) in [5.74, 6) is 0.336. The molecule has 2 atom stereocenters. The van der Waals surface area contributed by atoms with Crippen LogP contribution < -0.4 is 5.32 Å². The van der Waals surface area contributed by atoms with Crippen molar-refractivity contribution in [2.45, 2.75) is 58.2 Å². The molecule has 1 saturated carbocycles. The number of alkyl halides is 3. The number of carbonyl (C=O) groups is 1. The van der Waals surface area contributed by atoms with Gasteiger partial charge >= 0.3 is 6.18 Å². The number of carbonyl (C=O) groups excluding carboxylic acids is 1. The van der Waals surface area contributed by atoms with Crippen LogP contribution in [0.4, 0.5) is 19.1 Å². The van der Waals surface area contributed by atoms with Crippen LogP contribution in [-0.2, 0) is 11.0 Å². The van der Waals surface area contributed by atoms with Gasteiger partial charge in [0.15, 0.2) is 0 Å². The second kappa shape index (κ2) is 8.46. The molecular formula is C23H23F3N6O. The predicted molar refractivity (Wildman–Crippen MR) is 116 cm³/mol. The lowest BCUT2D eigenvalue weighted by Gasteiger charge is -2.42. The van der Waals surface area contributed by atoms with Crippen LogP contribution in [0.15, 0.2) is 24.7 Å². The quantitative estimate of drug-likeness (QED) is 0.543. The number of H-pyrrole nitrogens is 1. The third kappa shape index (κ3) is 4.03. The largest absolute Gasteiger partial charge is 0.417 e. The molecule has 2 N–H and O–H groups in total. The molecular weight excluding hydrogens is 433 g/mol. The number of hydrogen-bond acceptors (Lipinski definition) is 6. The zero-order valence-electron chi connectivity index (χ0n) is 18.3. The Morgan fingerprint density at radius 2 is 2.12 bits per heavy atom. The van der Waals surface area contributed by atoms with Gasteiger partial charge in [-0.05, 0) is 32.3 Å². The average molecular weight is 456 g/mol. The average Bonchev–Trinajstić information content (AvgIpc) is 3.22. The highest BCUT2D eigenvalue weighted by atomic mass is 19.4. The molecule has 1 aliphatic rings. The molecule has 3 aromatic rings. The van der Waals surface area contributed by atoms with Crippen LogP contribution >= 0.6 is 0 Å². The number of aromatic nitrogens is 4. The number of hydrogen-bond donors (Lipinski definition) is 2. The third-order valence-electron chi connectivity index (χ3n) is 6.69. The number of fused-ring (bicyclic) bond motifs is 1. The van der Waals surface area contributed by atoms with Crippen molar-refractivity contribution in [3.63, 3.8) is 0 Å². The number of ketones is 1. The molecule has 7 nitrogen and oxygen atoms in total. The highest BCUT2D eigenvalue weighted by Crippen LogP contribution is 2.42. The molecule has 0 amide bonds. The van der Waals surface area contributed by atoms with Gasteiger partial charge in [0.25, 0.3) is 0 Å². The van der Waals surface area contributed by atoms with E-state index in [1.54, 1.807) is 6.92 Å². The SMILES string of the molecule is CC[C@]1(C(C)=O)CCCC[C@@H]1Nc1ncc(C#N)c(-c2c[nH]c3ncc(C(F)(F)F)cc23)n1. The molecule has 4 rings (SSSR count). The molecule has 3 aromatic heterocycles. The van der Waals surface area contributed by atoms with Gasteiger partial charge in [-0.3, -0.25) is 4.79 Å². The zero-order valence-corrected chi connectivity index (χ0v) is 18.3. The first kappa shape index (κ1) is 22.7. The molecule has 0 unspecified atom stereocenters. The standard InChI is InChI=1S/C23H23F3N6O/c1-3-22(13(2)33)7-5-4-6-18(22)31-21-30-10-14(9-27)19(32-21)17-12-29-20-16(17)8-15(11-28-20)23(24,25)26/h8,10-12,18H,3-7H2,1-2H3,(H,28,29)(H,30,31,32)/t18-,22+/m0/s1. The van der Waals surface area contributed by atoms with Gasteiger partial charge in [0.1, 0.15) is 17.5 Å². The van der Waals surface area contributed by atoms with Crippen LogP contribution in [0.2, 0.25) is 0 Å². The first-order valence-corrected chi connectivity index (χ1v) is 10.8. The summed E-state index contributed by atoms with van der Waals surface area (Å²) in [6.45, 7) is 3.59. The third-order valence-corrected chi connectivity index (χ3v) is 6.69. The van der Waals surface area contributed by atoms with Crippen molar-refractivity contribution in [3.8, 4) is 17.3 Å². The summed E-state index contributed by atoms with van der Waals surface area (Å²) in [7, 11) is 0. The molecule has 1 fully saturated rings. The molecule has 10 heteroatoms. The lowest BCUT2D eigenvalue weighted by molar-refractivity contribution is -0.137. The van der Waals surface area contributed by atoms with Gasteiger partial charge in [-0.1, -0.05) is 19.8 Å². The van der Waals surface area contributed by atoms with E-state index in [0.29, 0.717) is 12.0 Å². The van der Waals surface area contributed by atoms with Crippen molar-refractivity contribution < 1.29 is 18.0 Å². The van der Waals surface area contributed by atoms with Crippen LogP contribution in [-0.4, -0.2) is 31.8 Å². The molecule has 1 aliphatic carbocycles. The van der Waals surface area contributed by atoms with Crippen LogP contribution in [0.25, 0.3) is 22.3 Å². The number of Topliss-reactive ketones (excluding diaryl/α,β-unsaturated/α-hetero) is 1. The van der Waals surface area contributed by atoms with Crippen LogP contribution in [0.3, 0.4) is 0 Å². The van der Waals surface area contributed by atoms with Crippen molar-refractivity contribution in [3.05, 3.63) is 35.8 Å². The number of pyridine rings is 1. The van der Waals surface area contributed by atoms with Crippen molar-refractivity contribution in [1.29, 1.82) is 5.26 Å². The Hall–Kier alpha value is -3.48. The second-order valence-corrected chi connectivity index (χ2v) is 8.40. The number of rotatable bonds is 5. The molecule has 0 aromatic carbocycles. The van der Waals surface area contributed by atoms with Gasteiger partial charge < -0.3 is 10.3 Å². The fourth-order valence-corrected chi connectivity index (χ4v) is 4.79. The summed E-state index contributed by atoms with van der Waals surface area (Å²) >= 11 is 0. The number of nitriles is 1. The van der Waals surface area contributed by atoms with E-state index in [0.717, 1.165) is 37.9 Å². The van der Waals surface area contributed by atoms with Gasteiger partial charge in [-0.15, -0.1) is 0 Å². The van der Waals surface area contributed by atoms with E-state index in [2.05, 4.69) is 25.3 Å². The zero-order chi connectivity index (χ0) is 23.8. The van der Waals surface area contributed by atoms with E-state index in [4.69, 9.17) is 0 Å². The first-order valence-electron chi connectivity index (χ1n) is 10.8. The molecule has 0 bridgehead atoms. The van der Waals surface area contributed by atoms with Gasteiger partial charge in [-0.25, -0.2) is 15.0 Å². The Kier molecular flexibility index (Phi) is 5.82. The molecule has 3 heterocycles. The number of halogens is 3. The topological polar surface area (TPSA) is 107 Å². The Labute approximate surface area is 188 Å².